The Morgan fingerprint density at radius 2 is 1.52 bits per heavy atom. The number of amides is 4. The number of primary amides is 1. The van der Waals surface area contributed by atoms with Gasteiger partial charge in [0.05, 0.1) is 0 Å². The summed E-state index contributed by atoms with van der Waals surface area (Å²) in [6, 6.07) is 12.7. The Kier molecular flexibility index (Phi) is 16.2. The van der Waals surface area contributed by atoms with Gasteiger partial charge in [-0.15, -0.1) is 0 Å². The van der Waals surface area contributed by atoms with E-state index in [1.165, 1.54) is 4.90 Å². The van der Waals surface area contributed by atoms with Crippen molar-refractivity contribution < 1.29 is 33.4 Å². The summed E-state index contributed by atoms with van der Waals surface area (Å²) in [6.45, 7) is 16.4. The maximum atomic E-state index is 14.6. The van der Waals surface area contributed by atoms with Crippen LogP contribution in [0.25, 0.3) is 6.08 Å². The molecule has 2 aromatic rings. The van der Waals surface area contributed by atoms with E-state index in [0.29, 0.717) is 17.5 Å². The predicted molar refractivity (Wildman–Crippen MR) is 195 cm³/mol. The summed E-state index contributed by atoms with van der Waals surface area (Å²) in [6.07, 6.45) is 3.79. The summed E-state index contributed by atoms with van der Waals surface area (Å²) in [4.78, 5) is 69.0. The third kappa shape index (κ3) is 14.8. The smallest absolute Gasteiger partial charge is 0.408 e. The van der Waals surface area contributed by atoms with Crippen molar-refractivity contribution in [2.45, 2.75) is 123 Å². The van der Waals surface area contributed by atoms with E-state index in [1.807, 2.05) is 36.4 Å². The molecule has 4 N–H and O–H groups in total. The first kappa shape index (κ1) is 41.5. The minimum absolute atomic E-state index is 0.117. The fourth-order valence-electron chi connectivity index (χ4n) is 5.26. The zero-order valence-corrected chi connectivity index (χ0v) is 30.8. The molecule has 4 amide bonds. The predicted octanol–water partition coefficient (Wildman–Crippen LogP) is 6.01. The Hall–Kier alpha value is -4.67. The first-order valence-corrected chi connectivity index (χ1v) is 17.3. The van der Waals surface area contributed by atoms with E-state index in [1.54, 1.807) is 65.8 Å². The molecule has 0 saturated carbocycles. The Bertz CT molecular complexity index is 1450. The zero-order chi connectivity index (χ0) is 37.5. The SMILES string of the molecule is C=Cc1cccc(C(C(=O)NC(Cc2ccccc2)C(=O)OC(C)(C)C)N(CCCCCC)C(=O)C(CCC(N)=O)NC(=O)OC(C)(C)C)c1. The van der Waals surface area contributed by atoms with Gasteiger partial charge in [0.2, 0.25) is 17.7 Å². The molecular formula is C39H56N4O7. The molecule has 11 heteroatoms. The molecule has 0 aliphatic rings. The second-order valence-electron chi connectivity index (χ2n) is 14.4. The maximum Gasteiger partial charge on any atom is 0.408 e. The van der Waals surface area contributed by atoms with Crippen LogP contribution < -0.4 is 16.4 Å². The molecule has 0 heterocycles. The molecule has 0 spiro atoms. The third-order valence-corrected chi connectivity index (χ3v) is 7.52. The number of benzene rings is 2. The van der Waals surface area contributed by atoms with Crippen molar-refractivity contribution in [2.24, 2.45) is 5.73 Å². The van der Waals surface area contributed by atoms with Crippen LogP contribution >= 0.6 is 0 Å². The summed E-state index contributed by atoms with van der Waals surface area (Å²) >= 11 is 0. The molecule has 0 aromatic heterocycles. The van der Waals surface area contributed by atoms with E-state index in [2.05, 4.69) is 24.1 Å². The maximum absolute atomic E-state index is 14.6. The fourth-order valence-corrected chi connectivity index (χ4v) is 5.26. The van der Waals surface area contributed by atoms with Gasteiger partial charge in [-0.1, -0.05) is 87.4 Å². The molecule has 0 radical (unpaired) electrons. The van der Waals surface area contributed by atoms with Crippen molar-refractivity contribution in [3.05, 3.63) is 77.9 Å². The quantitative estimate of drug-likeness (QED) is 0.128. The molecule has 274 valence electrons. The van der Waals surface area contributed by atoms with Gasteiger partial charge in [-0.3, -0.25) is 14.4 Å². The number of nitrogens with zero attached hydrogens (tertiary/aromatic N) is 1. The standard InChI is InChI=1S/C39H56N4O7/c1-9-11-12-16-24-43(35(46)30(22-23-32(40)44)42-37(48)50-39(6,7)8)33(29-21-17-20-27(10-2)25-29)34(45)41-31(36(47)49-38(3,4)5)26-28-18-14-13-15-19-28/h10,13-15,17-21,25,30-31,33H,2,9,11-12,16,22-24,26H2,1,3-8H3,(H2,40,44)(H,41,45)(H,42,48). The van der Waals surface area contributed by atoms with Gasteiger partial charge >= 0.3 is 12.1 Å². The number of esters is 1. The van der Waals surface area contributed by atoms with Crippen LogP contribution in [0, 0.1) is 0 Å². The number of nitrogens with one attached hydrogen (secondary N) is 2. The second-order valence-corrected chi connectivity index (χ2v) is 14.4. The van der Waals surface area contributed by atoms with Crippen LogP contribution in [0.2, 0.25) is 0 Å². The van der Waals surface area contributed by atoms with Crippen molar-refractivity contribution in [1.29, 1.82) is 0 Å². The van der Waals surface area contributed by atoms with Gasteiger partial charge in [-0.05, 0) is 77.1 Å². The largest absolute Gasteiger partial charge is 0.458 e. The van der Waals surface area contributed by atoms with Crippen molar-refractivity contribution in [2.75, 3.05) is 6.54 Å². The van der Waals surface area contributed by atoms with Gasteiger partial charge < -0.3 is 30.7 Å². The minimum atomic E-state index is -1.24. The molecule has 0 saturated heterocycles. The lowest BCUT2D eigenvalue weighted by Crippen LogP contribution is -2.55. The molecule has 0 aliphatic carbocycles. The Morgan fingerprint density at radius 3 is 2.10 bits per heavy atom. The molecule has 3 atom stereocenters. The number of rotatable bonds is 18. The Balaban J connectivity index is 2.69. The third-order valence-electron chi connectivity index (χ3n) is 7.52. The highest BCUT2D eigenvalue weighted by molar-refractivity contribution is 5.94. The van der Waals surface area contributed by atoms with Gasteiger partial charge in [0.1, 0.15) is 29.3 Å². The van der Waals surface area contributed by atoms with Gasteiger partial charge in [-0.25, -0.2) is 9.59 Å². The molecule has 3 unspecified atom stereocenters. The molecule has 11 nitrogen and oxygen atoms in total. The van der Waals surface area contributed by atoms with Crippen LogP contribution in [0.5, 0.6) is 0 Å². The van der Waals surface area contributed by atoms with E-state index in [4.69, 9.17) is 15.2 Å². The van der Waals surface area contributed by atoms with Gasteiger partial charge in [0.25, 0.3) is 0 Å². The Labute approximate surface area is 297 Å². The highest BCUT2D eigenvalue weighted by Gasteiger charge is 2.38. The van der Waals surface area contributed by atoms with Crippen LogP contribution in [0.3, 0.4) is 0 Å². The summed E-state index contributed by atoms with van der Waals surface area (Å²) in [5.41, 5.74) is 5.76. The number of hydrogen-bond acceptors (Lipinski definition) is 7. The zero-order valence-electron chi connectivity index (χ0n) is 30.8. The number of unbranched alkanes of at least 4 members (excludes halogenated alkanes) is 3. The van der Waals surface area contributed by atoms with Crippen molar-refractivity contribution in [1.82, 2.24) is 15.5 Å². The highest BCUT2D eigenvalue weighted by Crippen LogP contribution is 2.26. The normalized spacial score (nSPS) is 13.3. The van der Waals surface area contributed by atoms with E-state index < -0.39 is 59.1 Å². The monoisotopic (exact) mass is 692 g/mol. The molecular weight excluding hydrogens is 636 g/mol. The topological polar surface area (TPSA) is 157 Å². The summed E-state index contributed by atoms with van der Waals surface area (Å²) in [5, 5.41) is 5.52. The highest BCUT2D eigenvalue weighted by atomic mass is 16.6. The van der Waals surface area contributed by atoms with E-state index in [-0.39, 0.29) is 25.8 Å². The van der Waals surface area contributed by atoms with E-state index in [0.717, 1.165) is 24.8 Å². The molecule has 0 aliphatic heterocycles. The lowest BCUT2D eigenvalue weighted by atomic mass is 9.98. The van der Waals surface area contributed by atoms with Crippen LogP contribution in [0.4, 0.5) is 4.79 Å². The summed E-state index contributed by atoms with van der Waals surface area (Å²) < 4.78 is 11.2. The molecule has 0 fully saturated rings. The van der Waals surface area contributed by atoms with Gasteiger partial charge in [0.15, 0.2) is 0 Å². The summed E-state index contributed by atoms with van der Waals surface area (Å²) in [7, 11) is 0. The van der Waals surface area contributed by atoms with Crippen molar-refractivity contribution in [3.63, 3.8) is 0 Å². The molecule has 50 heavy (non-hydrogen) atoms. The first-order valence-electron chi connectivity index (χ1n) is 17.3. The fraction of sp³-hybridized carbons (Fsp3) is 0.513. The number of nitrogens with two attached hydrogens (primary N) is 1. The second kappa shape index (κ2) is 19.5. The number of carbonyl (C=O) groups excluding carboxylic acids is 5. The number of hydrogen-bond donors (Lipinski definition) is 3. The lowest BCUT2D eigenvalue weighted by Gasteiger charge is -2.35. The Morgan fingerprint density at radius 1 is 0.860 bits per heavy atom. The first-order chi connectivity index (χ1) is 23.4. The number of alkyl carbamates (subject to hydrolysis) is 1. The van der Waals surface area contributed by atoms with Gasteiger partial charge in [0, 0.05) is 19.4 Å². The minimum Gasteiger partial charge on any atom is -0.458 e. The van der Waals surface area contributed by atoms with Crippen LogP contribution in [0.1, 0.15) is 110 Å². The average Bonchev–Trinajstić information content (AvgIpc) is 3.02. The van der Waals surface area contributed by atoms with Crippen LogP contribution in [0.15, 0.2) is 61.2 Å². The molecule has 2 aromatic carbocycles. The van der Waals surface area contributed by atoms with Crippen LogP contribution in [-0.4, -0.2) is 64.5 Å². The molecule has 2 rings (SSSR count). The molecule has 0 bridgehead atoms. The van der Waals surface area contributed by atoms with Gasteiger partial charge in [-0.2, -0.15) is 0 Å². The van der Waals surface area contributed by atoms with E-state index >= 15 is 0 Å². The number of ether oxygens (including phenoxy) is 2. The summed E-state index contributed by atoms with van der Waals surface area (Å²) in [5.74, 6) is -2.50. The van der Waals surface area contributed by atoms with Crippen LogP contribution in [-0.2, 0) is 35.1 Å². The average molecular weight is 693 g/mol. The van der Waals surface area contributed by atoms with Crippen molar-refractivity contribution in [3.8, 4) is 0 Å². The number of carbonyl (C=O) groups is 5. The van der Waals surface area contributed by atoms with E-state index in [9.17, 15) is 24.0 Å². The lowest BCUT2D eigenvalue weighted by molar-refractivity contribution is -0.159. The van der Waals surface area contributed by atoms with Crippen molar-refractivity contribution >= 4 is 35.9 Å².